The number of hydrogen-bond acceptors (Lipinski definition) is 10. The third-order valence-corrected chi connectivity index (χ3v) is 16.1. The summed E-state index contributed by atoms with van der Waals surface area (Å²) in [6.45, 7) is 31.8. The minimum atomic E-state index is -0.476. The number of amides is 2. The topological polar surface area (TPSA) is 196 Å². The van der Waals surface area contributed by atoms with E-state index in [0.717, 1.165) is 65.4 Å². The number of hydrogen-bond donors (Lipinski definition) is 4. The highest BCUT2D eigenvalue weighted by Gasteiger charge is 2.63. The first-order valence-electron chi connectivity index (χ1n) is 24.4. The number of aryl methyl sites for hydroxylation is 8. The third-order valence-electron chi connectivity index (χ3n) is 14.1. The number of nitrogens with one attached hydrogen (secondary N) is 4. The molecule has 0 saturated carbocycles. The molecule has 396 valence electrons. The van der Waals surface area contributed by atoms with Gasteiger partial charge in [-0.15, -0.1) is 0 Å². The number of carbonyl (C=O) groups is 2. The Morgan fingerprint density at radius 1 is 0.595 bits per heavy atom. The van der Waals surface area contributed by atoms with E-state index in [1.165, 1.54) is 0 Å². The second kappa shape index (κ2) is 23.7. The number of halogens is 2. The Kier molecular flexibility index (Phi) is 19.0. The lowest BCUT2D eigenvalue weighted by Gasteiger charge is -2.32. The van der Waals surface area contributed by atoms with Gasteiger partial charge in [0.15, 0.2) is 0 Å². The number of aromatic amines is 2. The first-order valence-corrected chi connectivity index (χ1v) is 26.0. The number of H-pyrrole nitrogens is 2. The Bertz CT molecular complexity index is 3040. The second-order valence-corrected chi connectivity index (χ2v) is 22.5. The molecule has 2 aliphatic rings. The third kappa shape index (κ3) is 13.7. The standard InChI is InChI=1S/C21H24N4O2.C16H17BrN2O2.C12H24B2O4.C5H7BrN2/c1-12-9-13(2)24-21(27)18(12)10-22-20(26)17-8-6-7-16(14(17)3)19-15(4)23-11-25(19)5;1-9-7-10(2)19-16(21)13(9)8-18-15(20)12-5-4-6-14(17)11(12)3;1-9(2)10(3,4)16-13(15-9)14-17-11(5,6)12(7,8)18-14;1-4-5(6)8(2)3-7-4/h6-9,11H,10H2,1-5H3,(H,22,26)(H,24,27);4-7H,8H2,1-3H3,(H,18,20)(H,19,21);1-8H3;3H,1-2H3. The van der Waals surface area contributed by atoms with Gasteiger partial charge >= 0.3 is 14.0 Å². The number of benzene rings is 2. The molecule has 4 N–H and O–H groups in total. The lowest BCUT2D eigenvalue weighted by atomic mass is 9.49. The molecule has 2 amide bonds. The molecule has 0 spiro atoms. The van der Waals surface area contributed by atoms with Gasteiger partial charge in [-0.1, -0.05) is 34.1 Å². The maximum atomic E-state index is 12.8. The molecule has 0 atom stereocenters. The van der Waals surface area contributed by atoms with Crippen molar-refractivity contribution in [3.05, 3.63) is 158 Å². The number of pyridine rings is 2. The van der Waals surface area contributed by atoms with Gasteiger partial charge in [-0.2, -0.15) is 0 Å². The van der Waals surface area contributed by atoms with Crippen molar-refractivity contribution in [3.63, 3.8) is 0 Å². The van der Waals surface area contributed by atoms with Gasteiger partial charge in [-0.25, -0.2) is 9.97 Å². The SMILES string of the molecule is CC1(C)OB(B2OC(C)(C)C(C)(C)O2)OC1(C)C.Cc1cc(C)c(CNC(=O)c2cccc(-c3c(C)ncn3C)c2C)c(=O)[nH]1.Cc1cc(C)c(CNC(=O)c2cccc(Br)c2C)c(=O)[nH]1.Cc1ncn(C)c1Br. The lowest BCUT2D eigenvalue weighted by Crippen LogP contribution is -2.41. The number of nitrogens with zero attached hydrogens (tertiary/aromatic N) is 4. The van der Waals surface area contributed by atoms with Crippen LogP contribution in [0.4, 0.5) is 0 Å². The Hall–Kier alpha value is -5.37. The van der Waals surface area contributed by atoms with Crippen molar-refractivity contribution in [1.29, 1.82) is 0 Å². The van der Waals surface area contributed by atoms with Crippen LogP contribution in [0, 0.1) is 55.4 Å². The first-order chi connectivity index (χ1) is 34.3. The summed E-state index contributed by atoms with van der Waals surface area (Å²) in [7, 11) is 2.94. The van der Waals surface area contributed by atoms with E-state index in [4.69, 9.17) is 18.6 Å². The van der Waals surface area contributed by atoms with Crippen LogP contribution in [0.1, 0.15) is 132 Å². The maximum Gasteiger partial charge on any atom is 0.488 e. The Morgan fingerprint density at radius 2 is 0.986 bits per heavy atom. The summed E-state index contributed by atoms with van der Waals surface area (Å²) >= 11 is 6.76. The number of aromatic nitrogens is 6. The predicted molar refractivity (Wildman–Crippen MR) is 300 cm³/mol. The summed E-state index contributed by atoms with van der Waals surface area (Å²) in [6.07, 6.45) is 3.54. The van der Waals surface area contributed by atoms with Gasteiger partial charge in [-0.3, -0.25) is 19.2 Å². The van der Waals surface area contributed by atoms with E-state index in [0.29, 0.717) is 22.3 Å². The number of rotatable bonds is 8. The van der Waals surface area contributed by atoms with Crippen LogP contribution in [0.25, 0.3) is 11.3 Å². The molecule has 2 aromatic carbocycles. The van der Waals surface area contributed by atoms with Crippen LogP contribution in [-0.2, 0) is 45.8 Å². The molecule has 2 aliphatic heterocycles. The molecule has 0 radical (unpaired) electrons. The minimum Gasteiger partial charge on any atom is -0.405 e. The largest absolute Gasteiger partial charge is 0.488 e. The van der Waals surface area contributed by atoms with Gasteiger partial charge in [0.2, 0.25) is 0 Å². The van der Waals surface area contributed by atoms with E-state index in [1.54, 1.807) is 24.8 Å². The molecule has 0 aliphatic carbocycles. The van der Waals surface area contributed by atoms with Crippen LogP contribution in [0.15, 0.2) is 79.9 Å². The summed E-state index contributed by atoms with van der Waals surface area (Å²) in [5, 5.41) is 5.68. The Labute approximate surface area is 453 Å². The fourth-order valence-electron chi connectivity index (χ4n) is 8.19. The second-order valence-electron chi connectivity index (χ2n) is 20.9. The molecule has 0 bridgehead atoms. The summed E-state index contributed by atoms with van der Waals surface area (Å²) in [6, 6.07) is 14.9. The van der Waals surface area contributed by atoms with Crippen molar-refractivity contribution in [2.75, 3.05) is 0 Å². The molecule has 8 rings (SSSR count). The van der Waals surface area contributed by atoms with Crippen LogP contribution in [0.2, 0.25) is 0 Å². The Morgan fingerprint density at radius 3 is 1.34 bits per heavy atom. The fraction of sp³-hybridized carbons (Fsp3) is 0.444. The average molecular weight is 1140 g/mol. The van der Waals surface area contributed by atoms with Crippen LogP contribution in [0.3, 0.4) is 0 Å². The monoisotopic (exact) mass is 1140 g/mol. The highest BCUT2D eigenvalue weighted by atomic mass is 79.9. The molecule has 6 heterocycles. The van der Waals surface area contributed by atoms with Gasteiger partial charge in [0.1, 0.15) is 4.60 Å². The van der Waals surface area contributed by atoms with Gasteiger partial charge in [0.25, 0.3) is 22.9 Å². The summed E-state index contributed by atoms with van der Waals surface area (Å²) in [4.78, 5) is 63.0. The Balaban J connectivity index is 0.000000194. The molecular weight excluding hydrogens is 1070 g/mol. The molecule has 2 fully saturated rings. The minimum absolute atomic E-state index is 0.154. The van der Waals surface area contributed by atoms with Gasteiger partial charge in [0.05, 0.1) is 52.1 Å². The average Bonchev–Trinajstić information content (AvgIpc) is 3.94. The predicted octanol–water partition coefficient (Wildman–Crippen LogP) is 9.67. The van der Waals surface area contributed by atoms with Crippen molar-refractivity contribution < 1.29 is 28.2 Å². The first kappa shape index (κ1) is 59.5. The van der Waals surface area contributed by atoms with E-state index >= 15 is 0 Å². The zero-order valence-corrected chi connectivity index (χ0v) is 49.3. The van der Waals surface area contributed by atoms with Crippen molar-refractivity contribution >= 4 is 57.7 Å². The van der Waals surface area contributed by atoms with E-state index in [1.807, 2.05) is 170 Å². The van der Waals surface area contributed by atoms with Crippen LogP contribution in [-0.4, -0.2) is 77.3 Å². The molecule has 20 heteroatoms. The lowest BCUT2D eigenvalue weighted by molar-refractivity contribution is 0.00578. The normalized spacial score (nSPS) is 15.8. The molecule has 0 unspecified atom stereocenters. The van der Waals surface area contributed by atoms with E-state index in [9.17, 15) is 19.2 Å². The van der Waals surface area contributed by atoms with Gasteiger partial charge in [-0.05, 0) is 179 Å². The van der Waals surface area contributed by atoms with Gasteiger partial charge < -0.3 is 48.4 Å². The van der Waals surface area contributed by atoms with Crippen LogP contribution in [0.5, 0.6) is 0 Å². The van der Waals surface area contributed by atoms with Crippen molar-refractivity contribution in [1.82, 2.24) is 39.7 Å². The molecule has 4 aromatic heterocycles. The summed E-state index contributed by atoms with van der Waals surface area (Å²) < 4.78 is 29.7. The van der Waals surface area contributed by atoms with Crippen LogP contribution < -0.4 is 21.8 Å². The quantitative estimate of drug-likeness (QED) is 0.107. The van der Waals surface area contributed by atoms with Crippen molar-refractivity contribution in [3.8, 4) is 11.3 Å². The summed E-state index contributed by atoms with van der Waals surface area (Å²) in [5.41, 5.74) is 9.65. The van der Waals surface area contributed by atoms with Crippen molar-refractivity contribution in [2.45, 2.75) is 146 Å². The van der Waals surface area contributed by atoms with E-state index < -0.39 is 14.0 Å². The van der Waals surface area contributed by atoms with E-state index in [-0.39, 0.29) is 58.4 Å². The molecule has 2 saturated heterocycles. The molecular formula is C54H72B2Br2N8O8. The fourth-order valence-corrected chi connectivity index (χ4v) is 8.75. The summed E-state index contributed by atoms with van der Waals surface area (Å²) in [5.74, 6) is -0.387. The number of imidazole rings is 2. The maximum absolute atomic E-state index is 12.8. The van der Waals surface area contributed by atoms with Crippen LogP contribution >= 0.6 is 31.9 Å². The van der Waals surface area contributed by atoms with Gasteiger partial charge in [0, 0.05) is 70.9 Å². The smallest absolute Gasteiger partial charge is 0.405 e. The zero-order chi connectivity index (χ0) is 55.4. The zero-order valence-electron chi connectivity index (χ0n) is 46.2. The van der Waals surface area contributed by atoms with Crippen molar-refractivity contribution in [2.24, 2.45) is 14.1 Å². The molecule has 16 nitrogen and oxygen atoms in total. The highest BCUT2D eigenvalue weighted by molar-refractivity contribution is 9.10. The molecule has 74 heavy (non-hydrogen) atoms. The van der Waals surface area contributed by atoms with E-state index in [2.05, 4.69) is 62.4 Å². The molecule has 6 aromatic rings. The highest BCUT2D eigenvalue weighted by Crippen LogP contribution is 2.43. The number of carbonyl (C=O) groups excluding carboxylic acids is 2.